The van der Waals surface area contributed by atoms with E-state index in [1.54, 1.807) is 11.9 Å². The Labute approximate surface area is 169 Å². The third-order valence-corrected chi connectivity index (χ3v) is 6.51. The quantitative estimate of drug-likeness (QED) is 0.708. The fourth-order valence-electron chi connectivity index (χ4n) is 3.53. The number of alkyl halides is 2. The highest BCUT2D eigenvalue weighted by Gasteiger charge is 2.26. The molecule has 0 aliphatic carbocycles. The molecule has 0 saturated carbocycles. The molecule has 0 atom stereocenters. The van der Waals surface area contributed by atoms with E-state index in [0.717, 1.165) is 49.3 Å². The first-order valence-corrected chi connectivity index (χ1v) is 11.1. The third-order valence-electron chi connectivity index (χ3n) is 5.11. The van der Waals surface area contributed by atoms with Gasteiger partial charge in [-0.25, -0.2) is 8.42 Å². The van der Waals surface area contributed by atoms with Crippen molar-refractivity contribution in [3.8, 4) is 0 Å². The summed E-state index contributed by atoms with van der Waals surface area (Å²) in [4.78, 5) is 16.1. The minimum atomic E-state index is -4.67. The van der Waals surface area contributed by atoms with Gasteiger partial charge in [0.2, 0.25) is 9.84 Å². The van der Waals surface area contributed by atoms with Gasteiger partial charge < -0.3 is 9.80 Å². The molecule has 0 spiro atoms. The molecule has 3 rings (SSSR count). The van der Waals surface area contributed by atoms with Gasteiger partial charge in [-0.1, -0.05) is 18.2 Å². The van der Waals surface area contributed by atoms with Crippen LogP contribution in [0.1, 0.15) is 35.2 Å². The Balaban J connectivity index is 1.75. The van der Waals surface area contributed by atoms with Crippen molar-refractivity contribution in [2.45, 2.75) is 36.5 Å². The largest absolute Gasteiger partial charge is 0.371 e. The number of piperidine rings is 1. The Kier molecular flexibility index (Phi) is 6.52. The monoisotopic (exact) mass is 422 g/mol. The number of carbonyl (C=O) groups excluding carboxylic acids is 1. The van der Waals surface area contributed by atoms with E-state index in [0.29, 0.717) is 6.54 Å². The lowest BCUT2D eigenvalue weighted by Gasteiger charge is -2.31. The van der Waals surface area contributed by atoms with Crippen LogP contribution >= 0.6 is 0 Å². The van der Waals surface area contributed by atoms with E-state index in [1.807, 2.05) is 18.2 Å². The third kappa shape index (κ3) is 4.75. The summed E-state index contributed by atoms with van der Waals surface area (Å²) in [5, 5.41) is 0. The standard InChI is InChI=1S/C21H24F2N2O3S/c1-24(15-17-7-3-4-8-19(17)25-13-5-2-6-14-25)20(26)16-9-11-18(12-10-16)29(27,28)21(22)23/h3-4,7-12,21H,2,5-6,13-15H2,1H3. The predicted octanol–water partition coefficient (Wildman–Crippen LogP) is 3.95. The van der Waals surface area contributed by atoms with Crippen LogP contribution in [-0.2, 0) is 16.4 Å². The number of para-hydroxylation sites is 1. The Morgan fingerprint density at radius 2 is 1.66 bits per heavy atom. The second-order valence-electron chi connectivity index (χ2n) is 7.17. The molecule has 156 valence electrons. The first-order valence-electron chi connectivity index (χ1n) is 9.51. The fourth-order valence-corrected chi connectivity index (χ4v) is 4.25. The zero-order valence-corrected chi connectivity index (χ0v) is 17.0. The van der Waals surface area contributed by atoms with Gasteiger partial charge in [-0.15, -0.1) is 0 Å². The summed E-state index contributed by atoms with van der Waals surface area (Å²) in [6, 6.07) is 12.6. The minimum absolute atomic E-state index is 0.246. The van der Waals surface area contributed by atoms with Crippen molar-refractivity contribution >= 4 is 21.4 Å². The molecular weight excluding hydrogens is 398 g/mol. The topological polar surface area (TPSA) is 57.7 Å². The maximum absolute atomic E-state index is 12.7. The molecule has 0 aromatic heterocycles. The highest BCUT2D eigenvalue weighted by Crippen LogP contribution is 2.26. The molecule has 1 fully saturated rings. The van der Waals surface area contributed by atoms with Gasteiger partial charge in [-0.05, 0) is 55.2 Å². The van der Waals surface area contributed by atoms with Crippen LogP contribution in [-0.4, -0.2) is 45.1 Å². The van der Waals surface area contributed by atoms with Gasteiger partial charge in [0.05, 0.1) is 4.90 Å². The van der Waals surface area contributed by atoms with Crippen LogP contribution in [0.2, 0.25) is 0 Å². The smallest absolute Gasteiger partial charge is 0.341 e. The van der Waals surface area contributed by atoms with Gasteiger partial charge in [-0.2, -0.15) is 8.78 Å². The summed E-state index contributed by atoms with van der Waals surface area (Å²) >= 11 is 0. The molecule has 0 N–H and O–H groups in total. The average Bonchev–Trinajstić information content (AvgIpc) is 2.74. The van der Waals surface area contributed by atoms with Crippen LogP contribution in [0.5, 0.6) is 0 Å². The van der Waals surface area contributed by atoms with Crippen LogP contribution in [0, 0.1) is 0 Å². The van der Waals surface area contributed by atoms with Crippen molar-refractivity contribution in [1.82, 2.24) is 4.90 Å². The van der Waals surface area contributed by atoms with Crippen LogP contribution in [0.25, 0.3) is 0 Å². The maximum Gasteiger partial charge on any atom is 0.341 e. The van der Waals surface area contributed by atoms with E-state index in [4.69, 9.17) is 0 Å². The Morgan fingerprint density at radius 3 is 2.28 bits per heavy atom. The summed E-state index contributed by atoms with van der Waals surface area (Å²) < 4.78 is 48.4. The second kappa shape index (κ2) is 8.90. The lowest BCUT2D eigenvalue weighted by atomic mass is 10.1. The van der Waals surface area contributed by atoms with Crippen LogP contribution in [0.4, 0.5) is 14.5 Å². The maximum atomic E-state index is 12.7. The summed E-state index contributed by atoms with van der Waals surface area (Å²) in [6.07, 6.45) is 3.53. The predicted molar refractivity (Wildman–Crippen MR) is 108 cm³/mol. The zero-order valence-electron chi connectivity index (χ0n) is 16.2. The number of halogens is 2. The molecule has 2 aromatic carbocycles. The van der Waals surface area contributed by atoms with Crippen LogP contribution < -0.4 is 4.90 Å². The number of benzene rings is 2. The number of nitrogens with zero attached hydrogens (tertiary/aromatic N) is 2. The van der Waals surface area contributed by atoms with E-state index in [2.05, 4.69) is 11.0 Å². The van der Waals surface area contributed by atoms with Gasteiger partial charge in [0.15, 0.2) is 0 Å². The molecule has 1 aliphatic heterocycles. The second-order valence-corrected chi connectivity index (χ2v) is 9.09. The molecule has 2 aromatic rings. The number of hydrogen-bond acceptors (Lipinski definition) is 4. The molecule has 29 heavy (non-hydrogen) atoms. The van der Waals surface area contributed by atoms with E-state index in [1.165, 1.54) is 18.6 Å². The Hall–Kier alpha value is -2.48. The van der Waals surface area contributed by atoms with E-state index < -0.39 is 20.5 Å². The first kappa shape index (κ1) is 21.2. The molecule has 1 heterocycles. The molecule has 0 unspecified atom stereocenters. The van der Waals surface area contributed by atoms with Crippen molar-refractivity contribution in [2.75, 3.05) is 25.0 Å². The SMILES string of the molecule is CN(Cc1ccccc1N1CCCCC1)C(=O)c1ccc(S(=O)(=O)C(F)F)cc1. The van der Waals surface area contributed by atoms with Crippen molar-refractivity contribution in [2.24, 2.45) is 0 Å². The molecule has 8 heteroatoms. The number of hydrogen-bond donors (Lipinski definition) is 0. The minimum Gasteiger partial charge on any atom is -0.371 e. The number of rotatable bonds is 6. The molecule has 1 saturated heterocycles. The lowest BCUT2D eigenvalue weighted by molar-refractivity contribution is 0.0785. The molecule has 1 aliphatic rings. The van der Waals surface area contributed by atoms with Crippen molar-refractivity contribution in [1.29, 1.82) is 0 Å². The van der Waals surface area contributed by atoms with Gasteiger partial charge in [0.25, 0.3) is 5.91 Å². The molecule has 1 amide bonds. The summed E-state index contributed by atoms with van der Waals surface area (Å²) in [6.45, 7) is 2.38. The molecule has 5 nitrogen and oxygen atoms in total. The van der Waals surface area contributed by atoms with Gasteiger partial charge in [0, 0.05) is 37.9 Å². The van der Waals surface area contributed by atoms with E-state index in [-0.39, 0.29) is 11.5 Å². The van der Waals surface area contributed by atoms with Crippen molar-refractivity contribution < 1.29 is 22.0 Å². The number of anilines is 1. The Morgan fingerprint density at radius 1 is 1.03 bits per heavy atom. The van der Waals surface area contributed by atoms with Crippen molar-refractivity contribution in [3.05, 3.63) is 59.7 Å². The number of sulfone groups is 1. The number of carbonyl (C=O) groups is 1. The summed E-state index contributed by atoms with van der Waals surface area (Å²) in [5.74, 6) is -3.79. The van der Waals surface area contributed by atoms with Gasteiger partial charge in [-0.3, -0.25) is 4.79 Å². The van der Waals surface area contributed by atoms with Gasteiger partial charge in [0.1, 0.15) is 0 Å². The van der Waals surface area contributed by atoms with Crippen LogP contribution in [0.15, 0.2) is 53.4 Å². The Bertz CT molecular complexity index is 956. The first-order chi connectivity index (χ1) is 13.8. The normalized spacial score (nSPS) is 14.8. The zero-order chi connectivity index (χ0) is 21.0. The highest BCUT2D eigenvalue weighted by atomic mass is 32.2. The average molecular weight is 422 g/mol. The van der Waals surface area contributed by atoms with Crippen molar-refractivity contribution in [3.63, 3.8) is 0 Å². The summed E-state index contributed by atoms with van der Waals surface area (Å²) in [7, 11) is -3.00. The van der Waals surface area contributed by atoms with E-state index in [9.17, 15) is 22.0 Å². The summed E-state index contributed by atoms with van der Waals surface area (Å²) in [5.41, 5.74) is 2.39. The van der Waals surface area contributed by atoms with E-state index >= 15 is 0 Å². The lowest BCUT2D eigenvalue weighted by Crippen LogP contribution is -2.32. The highest BCUT2D eigenvalue weighted by molar-refractivity contribution is 7.91. The molecule has 0 bridgehead atoms. The molecular formula is C21H24F2N2O3S. The van der Waals surface area contributed by atoms with Crippen LogP contribution in [0.3, 0.4) is 0 Å². The molecule has 0 radical (unpaired) electrons. The fraction of sp³-hybridized carbons (Fsp3) is 0.381. The number of amides is 1. The van der Waals surface area contributed by atoms with Gasteiger partial charge >= 0.3 is 5.76 Å².